The maximum absolute atomic E-state index is 13.7. The highest BCUT2D eigenvalue weighted by Gasteiger charge is 2.33. The van der Waals surface area contributed by atoms with E-state index in [4.69, 9.17) is 9.47 Å². The van der Waals surface area contributed by atoms with Crippen molar-refractivity contribution in [1.29, 1.82) is 0 Å². The number of ketones is 1. The number of aliphatic hydroxyl groups is 1. The van der Waals surface area contributed by atoms with E-state index in [1.165, 1.54) is 24.5 Å². The molecule has 3 aromatic rings. The monoisotopic (exact) mass is 473 g/mol. The van der Waals surface area contributed by atoms with Crippen molar-refractivity contribution in [3.8, 4) is 11.4 Å². The number of carbonyl (C=O) groups excluding carboxylic acids is 3. The van der Waals surface area contributed by atoms with Crippen LogP contribution in [0.2, 0.25) is 0 Å². The van der Waals surface area contributed by atoms with Crippen molar-refractivity contribution < 1.29 is 29.0 Å². The summed E-state index contributed by atoms with van der Waals surface area (Å²) in [7, 11) is 0. The first-order valence-corrected chi connectivity index (χ1v) is 11.2. The molecule has 2 heterocycles. The van der Waals surface area contributed by atoms with Gasteiger partial charge in [-0.05, 0) is 44.0 Å². The molecule has 1 aliphatic rings. The number of aliphatic hydroxyl groups excluding tert-OH is 1. The van der Waals surface area contributed by atoms with E-state index < -0.39 is 17.7 Å². The quantitative estimate of drug-likeness (QED) is 0.518. The fourth-order valence-corrected chi connectivity index (χ4v) is 3.75. The Hall–Kier alpha value is -4.24. The Morgan fingerprint density at radius 1 is 0.914 bits per heavy atom. The molecular formula is C26H23N3O6. The highest BCUT2D eigenvalue weighted by molar-refractivity contribution is 6.55. The molecule has 9 nitrogen and oxygen atoms in total. The van der Waals surface area contributed by atoms with Gasteiger partial charge in [-0.15, -0.1) is 0 Å². The molecule has 0 fully saturated rings. The van der Waals surface area contributed by atoms with Crippen LogP contribution in [0.3, 0.4) is 0 Å². The largest absolute Gasteiger partial charge is 0.462 e. The Morgan fingerprint density at radius 2 is 1.49 bits per heavy atom. The summed E-state index contributed by atoms with van der Waals surface area (Å²) < 4.78 is 10.1. The summed E-state index contributed by atoms with van der Waals surface area (Å²) in [6.07, 6.45) is 3.03. The first-order chi connectivity index (χ1) is 17.0. The summed E-state index contributed by atoms with van der Waals surface area (Å²) in [6.45, 7) is 3.66. The van der Waals surface area contributed by atoms with Crippen LogP contribution in [-0.4, -0.2) is 58.3 Å². The van der Waals surface area contributed by atoms with Crippen LogP contribution in [0.1, 0.15) is 56.0 Å². The van der Waals surface area contributed by atoms with E-state index >= 15 is 0 Å². The van der Waals surface area contributed by atoms with E-state index in [9.17, 15) is 19.5 Å². The molecule has 0 unspecified atom stereocenters. The third kappa shape index (κ3) is 4.71. The molecule has 0 saturated carbocycles. The molecule has 0 saturated heterocycles. The smallest absolute Gasteiger partial charge is 0.339 e. The predicted molar refractivity (Wildman–Crippen MR) is 127 cm³/mol. The summed E-state index contributed by atoms with van der Waals surface area (Å²) in [5, 5.41) is 9.44. The number of carbonyl (C=O) groups is 3. The number of pyridine rings is 2. The average molecular weight is 473 g/mol. The van der Waals surface area contributed by atoms with Gasteiger partial charge < -0.3 is 14.6 Å². The lowest BCUT2D eigenvalue weighted by Crippen LogP contribution is -2.25. The second-order valence-corrected chi connectivity index (χ2v) is 7.57. The molecule has 0 amide bonds. The third-order valence-corrected chi connectivity index (χ3v) is 5.34. The molecule has 1 N–H and O–H groups in total. The van der Waals surface area contributed by atoms with Crippen molar-refractivity contribution in [1.82, 2.24) is 9.97 Å². The van der Waals surface area contributed by atoms with Gasteiger partial charge >= 0.3 is 11.9 Å². The van der Waals surface area contributed by atoms with Crippen molar-refractivity contribution in [3.05, 3.63) is 76.6 Å². The maximum Gasteiger partial charge on any atom is 0.339 e. The summed E-state index contributed by atoms with van der Waals surface area (Å²) in [4.78, 5) is 51.7. The lowest BCUT2D eigenvalue weighted by Gasteiger charge is -2.20. The van der Waals surface area contributed by atoms with E-state index in [0.29, 0.717) is 23.4 Å². The zero-order valence-electron chi connectivity index (χ0n) is 19.3. The molecule has 1 aromatic carbocycles. The number of Topliss-reactive ketones (excluding diaryl/α,β-unsaturated/α-hetero) is 1. The van der Waals surface area contributed by atoms with Crippen LogP contribution in [0.15, 0.2) is 53.8 Å². The molecule has 0 bridgehead atoms. The molecule has 178 valence electrons. The van der Waals surface area contributed by atoms with Gasteiger partial charge in [-0.2, -0.15) is 0 Å². The molecule has 9 heteroatoms. The Morgan fingerprint density at radius 3 is 2.09 bits per heavy atom. The molecule has 0 radical (unpaired) electrons. The molecular weight excluding hydrogens is 450 g/mol. The number of para-hydroxylation sites is 1. The summed E-state index contributed by atoms with van der Waals surface area (Å²) in [5.41, 5.74) is 2.68. The van der Waals surface area contributed by atoms with Crippen LogP contribution < -0.4 is 0 Å². The SMILES string of the molecule is CCOC(=O)c1cnc2c(c1)C(=O)/C(=N/c1ccccc1CCO)c1cc(C(=O)OCC)cnc1-2. The summed E-state index contributed by atoms with van der Waals surface area (Å²) in [5.74, 6) is -1.65. The lowest BCUT2D eigenvalue weighted by atomic mass is 9.88. The van der Waals surface area contributed by atoms with Gasteiger partial charge in [0.2, 0.25) is 5.78 Å². The second-order valence-electron chi connectivity index (χ2n) is 7.57. The van der Waals surface area contributed by atoms with Crippen LogP contribution in [0.5, 0.6) is 0 Å². The number of rotatable bonds is 7. The summed E-state index contributed by atoms with van der Waals surface area (Å²) >= 11 is 0. The third-order valence-electron chi connectivity index (χ3n) is 5.34. The molecule has 0 spiro atoms. The number of benzene rings is 1. The van der Waals surface area contributed by atoms with Crippen molar-refractivity contribution >= 4 is 29.1 Å². The highest BCUT2D eigenvalue weighted by atomic mass is 16.5. The van der Waals surface area contributed by atoms with Gasteiger partial charge in [0.15, 0.2) is 0 Å². The Kier molecular flexibility index (Phi) is 7.07. The first-order valence-electron chi connectivity index (χ1n) is 11.2. The Balaban J connectivity index is 1.93. The number of ether oxygens (including phenoxy) is 2. The van der Waals surface area contributed by atoms with Gasteiger partial charge in [0.25, 0.3) is 0 Å². The summed E-state index contributed by atoms with van der Waals surface area (Å²) in [6, 6.07) is 10.1. The minimum absolute atomic E-state index is 0.0411. The minimum Gasteiger partial charge on any atom is -0.462 e. The molecule has 2 aromatic heterocycles. The van der Waals surface area contributed by atoms with E-state index in [2.05, 4.69) is 15.0 Å². The number of hydrogen-bond donors (Lipinski definition) is 1. The van der Waals surface area contributed by atoms with E-state index in [1.807, 2.05) is 12.1 Å². The molecule has 0 atom stereocenters. The first kappa shape index (κ1) is 23.9. The highest BCUT2D eigenvalue weighted by Crippen LogP contribution is 2.33. The van der Waals surface area contributed by atoms with Crippen molar-refractivity contribution in [2.24, 2.45) is 4.99 Å². The number of esters is 2. The predicted octanol–water partition coefficient (Wildman–Crippen LogP) is 3.35. The van der Waals surface area contributed by atoms with Crippen LogP contribution in [0.25, 0.3) is 11.4 Å². The number of fused-ring (bicyclic) bond motifs is 3. The maximum atomic E-state index is 13.7. The molecule has 1 aliphatic carbocycles. The molecule has 4 rings (SSSR count). The van der Waals surface area contributed by atoms with Gasteiger partial charge in [0.05, 0.1) is 41.3 Å². The zero-order chi connectivity index (χ0) is 24.9. The van der Waals surface area contributed by atoms with Crippen molar-refractivity contribution in [2.45, 2.75) is 20.3 Å². The second kappa shape index (κ2) is 10.4. The number of nitrogens with zero attached hydrogens (tertiary/aromatic N) is 3. The van der Waals surface area contributed by atoms with E-state index in [1.54, 1.807) is 26.0 Å². The minimum atomic E-state index is -0.598. The van der Waals surface area contributed by atoms with Gasteiger partial charge in [-0.1, -0.05) is 18.2 Å². The van der Waals surface area contributed by atoms with E-state index in [-0.39, 0.29) is 47.9 Å². The topological polar surface area (TPSA) is 128 Å². The van der Waals surface area contributed by atoms with Crippen molar-refractivity contribution in [3.63, 3.8) is 0 Å². The zero-order valence-corrected chi connectivity index (χ0v) is 19.3. The van der Waals surface area contributed by atoms with Gasteiger partial charge in [-0.3, -0.25) is 14.8 Å². The van der Waals surface area contributed by atoms with Gasteiger partial charge in [0.1, 0.15) is 11.4 Å². The molecule has 0 aliphatic heterocycles. The fraction of sp³-hybridized carbons (Fsp3) is 0.231. The van der Waals surface area contributed by atoms with Crippen LogP contribution in [-0.2, 0) is 15.9 Å². The van der Waals surface area contributed by atoms with Gasteiger partial charge in [0, 0.05) is 24.6 Å². The van der Waals surface area contributed by atoms with E-state index in [0.717, 1.165) is 5.56 Å². The standard InChI is InChI=1S/C26H23N3O6/c1-3-34-25(32)16-11-18-21(27-13-16)22-19(12-17(14-28-22)26(33)35-4-2)24(31)23(18)29-20-8-6-5-7-15(20)9-10-30/h5-8,11-14,30H,3-4,9-10H2,1-2H3/b29-23+. The number of aliphatic imine (C=N–C) groups is 1. The van der Waals surface area contributed by atoms with Crippen LogP contribution in [0.4, 0.5) is 5.69 Å². The Bertz CT molecular complexity index is 1350. The fourth-order valence-electron chi connectivity index (χ4n) is 3.75. The van der Waals surface area contributed by atoms with Crippen LogP contribution >= 0.6 is 0 Å². The Labute approximate surface area is 201 Å². The van der Waals surface area contributed by atoms with Crippen LogP contribution in [0, 0.1) is 0 Å². The number of aromatic nitrogens is 2. The van der Waals surface area contributed by atoms with Crippen molar-refractivity contribution in [2.75, 3.05) is 19.8 Å². The normalized spacial score (nSPS) is 13.2. The lowest BCUT2D eigenvalue weighted by molar-refractivity contribution is 0.0516. The average Bonchev–Trinajstić information content (AvgIpc) is 2.87. The number of hydrogen-bond acceptors (Lipinski definition) is 9. The van der Waals surface area contributed by atoms with Gasteiger partial charge in [-0.25, -0.2) is 14.6 Å². The molecule has 35 heavy (non-hydrogen) atoms.